The highest BCUT2D eigenvalue weighted by molar-refractivity contribution is 5.49. The Bertz CT molecular complexity index is 366. The zero-order valence-corrected chi connectivity index (χ0v) is 12.0. The highest BCUT2D eigenvalue weighted by Gasteiger charge is 2.13. The molecule has 0 bridgehead atoms. The Morgan fingerprint density at radius 1 is 1.33 bits per heavy atom. The first-order valence-corrected chi connectivity index (χ1v) is 6.82. The quantitative estimate of drug-likeness (QED) is 0.798. The molecule has 3 heteroatoms. The molecule has 0 spiro atoms. The molecule has 1 aromatic rings. The average molecular weight is 252 g/mol. The summed E-state index contributed by atoms with van der Waals surface area (Å²) in [5.41, 5.74) is 1.69. The molecular formula is C15H25FN2. The van der Waals surface area contributed by atoms with E-state index >= 15 is 0 Å². The van der Waals surface area contributed by atoms with Crippen LogP contribution in [0, 0.1) is 5.82 Å². The molecule has 1 atom stereocenters. The van der Waals surface area contributed by atoms with Crippen LogP contribution in [0.4, 0.5) is 10.1 Å². The summed E-state index contributed by atoms with van der Waals surface area (Å²) in [7, 11) is 1.96. The first kappa shape index (κ1) is 15.0. The van der Waals surface area contributed by atoms with Crippen molar-refractivity contribution in [3.05, 3.63) is 29.6 Å². The van der Waals surface area contributed by atoms with Crippen LogP contribution >= 0.6 is 0 Å². The predicted molar refractivity (Wildman–Crippen MR) is 76.6 cm³/mol. The van der Waals surface area contributed by atoms with E-state index in [-0.39, 0.29) is 5.82 Å². The van der Waals surface area contributed by atoms with Gasteiger partial charge in [0.25, 0.3) is 0 Å². The van der Waals surface area contributed by atoms with E-state index in [0.717, 1.165) is 31.5 Å². The van der Waals surface area contributed by atoms with Gasteiger partial charge in [-0.1, -0.05) is 26.3 Å². The lowest BCUT2D eigenvalue weighted by Gasteiger charge is -2.27. The Balaban J connectivity index is 2.78. The summed E-state index contributed by atoms with van der Waals surface area (Å²) >= 11 is 0. The van der Waals surface area contributed by atoms with Gasteiger partial charge in [-0.15, -0.1) is 0 Å². The van der Waals surface area contributed by atoms with Crippen molar-refractivity contribution < 1.29 is 4.39 Å². The minimum absolute atomic E-state index is 0.129. The van der Waals surface area contributed by atoms with Crippen molar-refractivity contribution in [3.8, 4) is 0 Å². The highest BCUT2D eigenvalue weighted by Crippen LogP contribution is 2.22. The van der Waals surface area contributed by atoms with E-state index in [1.807, 2.05) is 31.0 Å². The second kappa shape index (κ2) is 7.37. The third kappa shape index (κ3) is 3.98. The van der Waals surface area contributed by atoms with Gasteiger partial charge >= 0.3 is 0 Å². The molecule has 102 valence electrons. The van der Waals surface area contributed by atoms with Crippen LogP contribution < -0.4 is 10.2 Å². The molecule has 1 aromatic carbocycles. The summed E-state index contributed by atoms with van der Waals surface area (Å²) in [6.07, 6.45) is 2.20. The maximum atomic E-state index is 14.1. The summed E-state index contributed by atoms with van der Waals surface area (Å²) in [4.78, 5) is 2.02. The first-order valence-electron chi connectivity index (χ1n) is 6.82. The fraction of sp³-hybridized carbons (Fsp3) is 0.600. The molecule has 0 saturated carbocycles. The topological polar surface area (TPSA) is 15.3 Å². The van der Waals surface area contributed by atoms with Gasteiger partial charge in [-0.05, 0) is 37.6 Å². The Labute approximate surface area is 110 Å². The predicted octanol–water partition coefficient (Wildman–Crippen LogP) is 3.56. The normalized spacial score (nSPS) is 12.5. The van der Waals surface area contributed by atoms with Crippen molar-refractivity contribution in [2.45, 2.75) is 46.2 Å². The summed E-state index contributed by atoms with van der Waals surface area (Å²) in [6, 6.07) is 5.88. The molecule has 0 fully saturated rings. The monoisotopic (exact) mass is 252 g/mol. The molecule has 0 aliphatic rings. The molecule has 0 heterocycles. The van der Waals surface area contributed by atoms with E-state index in [2.05, 4.69) is 19.2 Å². The second-order valence-corrected chi connectivity index (χ2v) is 4.81. The van der Waals surface area contributed by atoms with Gasteiger partial charge in [0, 0.05) is 19.6 Å². The number of halogens is 1. The van der Waals surface area contributed by atoms with Crippen molar-refractivity contribution in [1.82, 2.24) is 5.32 Å². The number of nitrogens with zero attached hydrogens (tertiary/aromatic N) is 1. The van der Waals surface area contributed by atoms with Gasteiger partial charge in [0.15, 0.2) is 0 Å². The number of anilines is 1. The SMILES string of the molecule is CCCC(C)N(C)c1ccc(CNCC)cc1F. The lowest BCUT2D eigenvalue weighted by atomic mass is 10.1. The van der Waals surface area contributed by atoms with E-state index in [9.17, 15) is 4.39 Å². The van der Waals surface area contributed by atoms with E-state index in [1.165, 1.54) is 0 Å². The zero-order valence-electron chi connectivity index (χ0n) is 12.0. The van der Waals surface area contributed by atoms with Crippen LogP contribution in [-0.2, 0) is 6.54 Å². The number of benzene rings is 1. The van der Waals surface area contributed by atoms with E-state index < -0.39 is 0 Å². The molecule has 0 saturated heterocycles. The first-order chi connectivity index (χ1) is 8.60. The molecular weight excluding hydrogens is 227 g/mol. The van der Waals surface area contributed by atoms with Crippen LogP contribution in [0.1, 0.15) is 39.2 Å². The van der Waals surface area contributed by atoms with Crippen LogP contribution in [0.3, 0.4) is 0 Å². The van der Waals surface area contributed by atoms with Crippen molar-refractivity contribution >= 4 is 5.69 Å². The Kier molecular flexibility index (Phi) is 6.13. The lowest BCUT2D eigenvalue weighted by molar-refractivity contribution is 0.580. The number of hydrogen-bond acceptors (Lipinski definition) is 2. The Hall–Kier alpha value is -1.09. The highest BCUT2D eigenvalue weighted by atomic mass is 19.1. The van der Waals surface area contributed by atoms with Gasteiger partial charge in [-0.2, -0.15) is 0 Å². The van der Waals surface area contributed by atoms with Gasteiger partial charge in [-0.25, -0.2) is 4.39 Å². The van der Waals surface area contributed by atoms with Gasteiger partial charge in [0.05, 0.1) is 5.69 Å². The fourth-order valence-corrected chi connectivity index (χ4v) is 2.06. The molecule has 0 aromatic heterocycles. The van der Waals surface area contributed by atoms with Gasteiger partial charge in [0.2, 0.25) is 0 Å². The standard InChI is InChI=1S/C15H25FN2/c1-5-7-12(3)18(4)15-9-8-13(10-14(15)16)11-17-6-2/h8-10,12,17H,5-7,11H2,1-4H3. The van der Waals surface area contributed by atoms with E-state index in [1.54, 1.807) is 6.07 Å². The number of rotatable bonds is 7. The molecule has 0 aliphatic heterocycles. The smallest absolute Gasteiger partial charge is 0.146 e. The minimum Gasteiger partial charge on any atom is -0.370 e. The maximum absolute atomic E-state index is 14.1. The molecule has 1 N–H and O–H groups in total. The Morgan fingerprint density at radius 3 is 2.61 bits per heavy atom. The fourth-order valence-electron chi connectivity index (χ4n) is 2.06. The minimum atomic E-state index is -0.129. The molecule has 0 radical (unpaired) electrons. The summed E-state index contributed by atoms with van der Waals surface area (Å²) in [5.74, 6) is -0.129. The second-order valence-electron chi connectivity index (χ2n) is 4.81. The molecule has 2 nitrogen and oxygen atoms in total. The summed E-state index contributed by atoms with van der Waals surface area (Å²) in [6.45, 7) is 7.96. The average Bonchev–Trinajstić information content (AvgIpc) is 2.36. The van der Waals surface area contributed by atoms with Gasteiger partial charge in [-0.3, -0.25) is 0 Å². The molecule has 18 heavy (non-hydrogen) atoms. The van der Waals surface area contributed by atoms with Crippen LogP contribution in [0.2, 0.25) is 0 Å². The van der Waals surface area contributed by atoms with E-state index in [4.69, 9.17) is 0 Å². The third-order valence-corrected chi connectivity index (χ3v) is 3.34. The number of nitrogens with one attached hydrogen (secondary N) is 1. The molecule has 0 amide bonds. The van der Waals surface area contributed by atoms with Gasteiger partial charge in [0.1, 0.15) is 5.82 Å². The zero-order chi connectivity index (χ0) is 13.5. The van der Waals surface area contributed by atoms with Gasteiger partial charge < -0.3 is 10.2 Å². The Morgan fingerprint density at radius 2 is 2.06 bits per heavy atom. The molecule has 0 aliphatic carbocycles. The molecule has 1 rings (SSSR count). The van der Waals surface area contributed by atoms with E-state index in [0.29, 0.717) is 11.7 Å². The number of hydrogen-bond donors (Lipinski definition) is 1. The van der Waals surface area contributed by atoms with Crippen LogP contribution in [0.15, 0.2) is 18.2 Å². The molecule has 1 unspecified atom stereocenters. The van der Waals surface area contributed by atoms with Crippen molar-refractivity contribution in [2.75, 3.05) is 18.5 Å². The van der Waals surface area contributed by atoms with Crippen LogP contribution in [-0.4, -0.2) is 19.6 Å². The van der Waals surface area contributed by atoms with Crippen molar-refractivity contribution in [3.63, 3.8) is 0 Å². The van der Waals surface area contributed by atoms with Crippen molar-refractivity contribution in [2.24, 2.45) is 0 Å². The summed E-state index contributed by atoms with van der Waals surface area (Å²) < 4.78 is 14.1. The van der Waals surface area contributed by atoms with Crippen LogP contribution in [0.25, 0.3) is 0 Å². The third-order valence-electron chi connectivity index (χ3n) is 3.34. The van der Waals surface area contributed by atoms with Crippen molar-refractivity contribution in [1.29, 1.82) is 0 Å². The largest absolute Gasteiger partial charge is 0.370 e. The maximum Gasteiger partial charge on any atom is 0.146 e. The summed E-state index contributed by atoms with van der Waals surface area (Å²) in [5, 5.41) is 3.20. The lowest BCUT2D eigenvalue weighted by Crippen LogP contribution is -2.29. The van der Waals surface area contributed by atoms with Crippen LogP contribution in [0.5, 0.6) is 0 Å².